The Hall–Kier alpha value is -3.38. The van der Waals surface area contributed by atoms with Crippen LogP contribution in [0.5, 0.6) is 0 Å². The summed E-state index contributed by atoms with van der Waals surface area (Å²) in [5.74, 6) is -1.69. The number of hydrogen-bond acceptors (Lipinski definition) is 5. The summed E-state index contributed by atoms with van der Waals surface area (Å²) < 4.78 is 5.19. The van der Waals surface area contributed by atoms with E-state index in [1.807, 2.05) is 6.07 Å². The van der Waals surface area contributed by atoms with Gasteiger partial charge in [0.1, 0.15) is 0 Å². The van der Waals surface area contributed by atoms with Gasteiger partial charge < -0.3 is 14.4 Å². The van der Waals surface area contributed by atoms with Gasteiger partial charge in [-0.3, -0.25) is 14.6 Å². The maximum Gasteiger partial charge on any atom is 0.290 e. The lowest BCUT2D eigenvalue weighted by atomic mass is 9.95. The zero-order valence-electron chi connectivity index (χ0n) is 14.6. The van der Waals surface area contributed by atoms with E-state index < -0.39 is 23.5 Å². The molecular weight excluding hydrogens is 380 g/mol. The number of amides is 1. The van der Waals surface area contributed by atoms with E-state index in [-0.39, 0.29) is 17.9 Å². The van der Waals surface area contributed by atoms with Crippen molar-refractivity contribution in [2.75, 3.05) is 0 Å². The van der Waals surface area contributed by atoms with E-state index in [0.29, 0.717) is 10.6 Å². The fraction of sp³-hybridized carbons (Fsp3) is 0.0952. The topological polar surface area (TPSA) is 83.6 Å². The summed E-state index contributed by atoms with van der Waals surface area (Å²) in [4.78, 5) is 31.3. The first kappa shape index (κ1) is 18.0. The van der Waals surface area contributed by atoms with Crippen LogP contribution in [-0.4, -0.2) is 26.7 Å². The second-order valence-corrected chi connectivity index (χ2v) is 6.75. The summed E-state index contributed by atoms with van der Waals surface area (Å²) in [5, 5.41) is 11.1. The summed E-state index contributed by atoms with van der Waals surface area (Å²) in [6, 6.07) is 12.7. The highest BCUT2D eigenvalue weighted by Gasteiger charge is 2.44. The van der Waals surface area contributed by atoms with Crippen LogP contribution >= 0.6 is 11.6 Å². The Labute approximate surface area is 165 Å². The zero-order chi connectivity index (χ0) is 19.7. The summed E-state index contributed by atoms with van der Waals surface area (Å²) in [6.45, 7) is 0.180. The number of halogens is 1. The number of ketones is 1. The quantitative estimate of drug-likeness (QED) is 0.658. The highest BCUT2D eigenvalue weighted by atomic mass is 35.5. The summed E-state index contributed by atoms with van der Waals surface area (Å²) >= 11 is 5.99. The fourth-order valence-corrected chi connectivity index (χ4v) is 3.40. The van der Waals surface area contributed by atoms with E-state index in [1.165, 1.54) is 17.2 Å². The van der Waals surface area contributed by atoms with Gasteiger partial charge >= 0.3 is 0 Å². The first-order valence-corrected chi connectivity index (χ1v) is 8.90. The van der Waals surface area contributed by atoms with Crippen LogP contribution in [0.4, 0.5) is 0 Å². The first-order chi connectivity index (χ1) is 13.6. The molecule has 0 radical (unpaired) electrons. The molecule has 7 heteroatoms. The van der Waals surface area contributed by atoms with Crippen LogP contribution < -0.4 is 0 Å². The Balaban J connectivity index is 1.79. The number of carbonyl (C=O) groups excluding carboxylic acids is 2. The third-order valence-corrected chi connectivity index (χ3v) is 4.81. The molecule has 0 saturated heterocycles. The molecule has 0 spiro atoms. The van der Waals surface area contributed by atoms with Gasteiger partial charge in [-0.2, -0.15) is 0 Å². The number of aliphatic hydroxyl groups excluding tert-OH is 1. The van der Waals surface area contributed by atoms with E-state index in [4.69, 9.17) is 16.0 Å². The minimum Gasteiger partial charge on any atom is -0.503 e. The molecule has 28 heavy (non-hydrogen) atoms. The van der Waals surface area contributed by atoms with Crippen molar-refractivity contribution in [3.63, 3.8) is 0 Å². The molecule has 1 N–H and O–H groups in total. The summed E-state index contributed by atoms with van der Waals surface area (Å²) in [5.41, 5.74) is 1.40. The van der Waals surface area contributed by atoms with E-state index in [9.17, 15) is 14.7 Å². The van der Waals surface area contributed by atoms with E-state index >= 15 is 0 Å². The second-order valence-electron chi connectivity index (χ2n) is 6.32. The number of pyridine rings is 1. The Morgan fingerprint density at radius 1 is 1.18 bits per heavy atom. The summed E-state index contributed by atoms with van der Waals surface area (Å²) in [6.07, 6.45) is 4.63. The van der Waals surface area contributed by atoms with E-state index in [2.05, 4.69) is 4.98 Å². The van der Waals surface area contributed by atoms with Crippen molar-refractivity contribution >= 4 is 23.3 Å². The maximum atomic E-state index is 13.0. The number of nitrogens with zero attached hydrogens (tertiary/aromatic N) is 2. The molecule has 0 unspecified atom stereocenters. The third kappa shape index (κ3) is 3.18. The molecule has 1 aliphatic heterocycles. The normalized spacial score (nSPS) is 16.7. The molecule has 0 fully saturated rings. The zero-order valence-corrected chi connectivity index (χ0v) is 15.3. The fourth-order valence-electron chi connectivity index (χ4n) is 3.27. The Bertz CT molecular complexity index is 1040. The molecular formula is C21H15ClN2O4. The van der Waals surface area contributed by atoms with Gasteiger partial charge in [-0.15, -0.1) is 0 Å². The number of rotatable bonds is 5. The van der Waals surface area contributed by atoms with Gasteiger partial charge in [-0.1, -0.05) is 29.8 Å². The number of Topliss-reactive ketones (excluding diaryl/α,β-unsaturated/α-hetero) is 1. The average molecular weight is 395 g/mol. The van der Waals surface area contributed by atoms with Crippen LogP contribution in [0.25, 0.3) is 0 Å². The predicted molar refractivity (Wildman–Crippen MR) is 102 cm³/mol. The molecule has 1 amide bonds. The lowest BCUT2D eigenvalue weighted by Crippen LogP contribution is -2.30. The Morgan fingerprint density at radius 2 is 1.96 bits per heavy atom. The number of hydrogen-bond donors (Lipinski definition) is 1. The van der Waals surface area contributed by atoms with Gasteiger partial charge in [0.15, 0.2) is 11.5 Å². The maximum absolute atomic E-state index is 13.0. The monoisotopic (exact) mass is 394 g/mol. The number of furan rings is 1. The van der Waals surface area contributed by atoms with Gasteiger partial charge in [0.25, 0.3) is 5.91 Å². The van der Waals surface area contributed by atoms with Crippen LogP contribution in [-0.2, 0) is 11.3 Å². The van der Waals surface area contributed by atoms with Gasteiger partial charge in [-0.25, -0.2) is 0 Å². The number of aromatic nitrogens is 1. The van der Waals surface area contributed by atoms with Crippen LogP contribution in [0, 0.1) is 0 Å². The number of benzene rings is 1. The van der Waals surface area contributed by atoms with Crippen molar-refractivity contribution in [2.45, 2.75) is 12.6 Å². The van der Waals surface area contributed by atoms with Gasteiger partial charge in [0.05, 0.1) is 17.9 Å². The SMILES string of the molecule is O=C(C1=C(O)C(=O)N(Cc2cccnc2)[C@H]1c1ccc(Cl)cc1)c1ccco1. The van der Waals surface area contributed by atoms with E-state index in [0.717, 1.165) is 5.56 Å². The molecule has 6 nitrogen and oxygen atoms in total. The molecule has 140 valence electrons. The van der Waals surface area contributed by atoms with Crippen molar-refractivity contribution in [1.82, 2.24) is 9.88 Å². The molecule has 1 atom stereocenters. The van der Waals surface area contributed by atoms with Crippen molar-refractivity contribution < 1.29 is 19.1 Å². The first-order valence-electron chi connectivity index (χ1n) is 8.53. The standard InChI is InChI=1S/C21H15ClN2O4/c22-15-7-5-14(6-8-15)18-17(19(25)16-4-2-10-28-16)20(26)21(27)24(18)12-13-3-1-9-23-11-13/h1-11,18,26H,12H2/t18-/m0/s1. The third-order valence-electron chi connectivity index (χ3n) is 4.55. The van der Waals surface area contributed by atoms with Crippen molar-refractivity contribution in [2.24, 2.45) is 0 Å². The van der Waals surface area contributed by atoms with E-state index in [1.54, 1.807) is 48.8 Å². The van der Waals surface area contributed by atoms with Gasteiger partial charge in [0, 0.05) is 24.0 Å². The predicted octanol–water partition coefficient (Wildman–Crippen LogP) is 4.11. The lowest BCUT2D eigenvalue weighted by Gasteiger charge is -2.26. The number of carbonyl (C=O) groups is 2. The Morgan fingerprint density at radius 3 is 2.61 bits per heavy atom. The highest BCUT2D eigenvalue weighted by molar-refractivity contribution is 6.30. The van der Waals surface area contributed by atoms with Crippen LogP contribution in [0.1, 0.15) is 27.7 Å². The lowest BCUT2D eigenvalue weighted by molar-refractivity contribution is -0.130. The molecule has 0 bridgehead atoms. The molecule has 0 aliphatic carbocycles. The van der Waals surface area contributed by atoms with Crippen LogP contribution in [0.15, 0.2) is 82.9 Å². The minimum absolute atomic E-state index is 0.0221. The second kappa shape index (κ2) is 7.32. The molecule has 1 aliphatic rings. The van der Waals surface area contributed by atoms with Crippen molar-refractivity contribution in [1.29, 1.82) is 0 Å². The molecule has 3 aromatic rings. The number of aliphatic hydroxyl groups is 1. The largest absolute Gasteiger partial charge is 0.503 e. The smallest absolute Gasteiger partial charge is 0.290 e. The summed E-state index contributed by atoms with van der Waals surface area (Å²) in [7, 11) is 0. The van der Waals surface area contributed by atoms with Crippen molar-refractivity contribution in [3.05, 3.63) is 100 Å². The van der Waals surface area contributed by atoms with Crippen LogP contribution in [0.2, 0.25) is 5.02 Å². The van der Waals surface area contributed by atoms with Crippen LogP contribution in [0.3, 0.4) is 0 Å². The van der Waals surface area contributed by atoms with Gasteiger partial charge in [0.2, 0.25) is 5.78 Å². The van der Waals surface area contributed by atoms with Gasteiger partial charge in [-0.05, 0) is 41.5 Å². The average Bonchev–Trinajstić information content (AvgIpc) is 3.33. The highest BCUT2D eigenvalue weighted by Crippen LogP contribution is 2.40. The minimum atomic E-state index is -0.775. The Kier molecular flexibility index (Phi) is 4.71. The molecule has 3 heterocycles. The molecule has 1 aromatic carbocycles. The molecule has 0 saturated carbocycles. The molecule has 2 aromatic heterocycles. The molecule has 4 rings (SSSR count). The van der Waals surface area contributed by atoms with Crippen molar-refractivity contribution in [3.8, 4) is 0 Å².